The Kier molecular flexibility index (Phi) is 4.19. The van der Waals surface area contributed by atoms with Gasteiger partial charge >= 0.3 is 0 Å². The van der Waals surface area contributed by atoms with Crippen LogP contribution in [0, 0.1) is 0 Å². The SMILES string of the molecule is C[C@@H](O)c1ccc(N(C)C2CCN(C)CC2)cn1. The van der Waals surface area contributed by atoms with Gasteiger partial charge in [0.25, 0.3) is 0 Å². The van der Waals surface area contributed by atoms with Gasteiger partial charge in [0.15, 0.2) is 0 Å². The standard InChI is InChI=1S/C14H23N3O/c1-11(18)14-5-4-13(10-15-14)17(3)12-6-8-16(2)9-7-12/h4-5,10-12,18H,6-9H2,1-3H3/t11-/m1/s1. The number of aliphatic hydroxyl groups excluding tert-OH is 1. The predicted molar refractivity (Wildman–Crippen MR) is 73.8 cm³/mol. The van der Waals surface area contributed by atoms with Crippen LogP contribution in [0.2, 0.25) is 0 Å². The summed E-state index contributed by atoms with van der Waals surface area (Å²) in [4.78, 5) is 8.99. The number of hydrogen-bond acceptors (Lipinski definition) is 4. The maximum Gasteiger partial charge on any atom is 0.0931 e. The smallest absolute Gasteiger partial charge is 0.0931 e. The van der Waals surface area contributed by atoms with E-state index < -0.39 is 6.10 Å². The van der Waals surface area contributed by atoms with Gasteiger partial charge in [-0.1, -0.05) is 0 Å². The Morgan fingerprint density at radius 2 is 2.06 bits per heavy atom. The van der Waals surface area contributed by atoms with Crippen molar-refractivity contribution in [1.29, 1.82) is 0 Å². The quantitative estimate of drug-likeness (QED) is 0.884. The highest BCUT2D eigenvalue weighted by Crippen LogP contribution is 2.22. The highest BCUT2D eigenvalue weighted by Gasteiger charge is 2.20. The Labute approximate surface area is 109 Å². The number of anilines is 1. The van der Waals surface area contributed by atoms with Crippen LogP contribution in [0.4, 0.5) is 5.69 Å². The lowest BCUT2D eigenvalue weighted by Gasteiger charge is -2.36. The largest absolute Gasteiger partial charge is 0.387 e. The van der Waals surface area contributed by atoms with Crippen molar-refractivity contribution in [3.63, 3.8) is 0 Å². The minimum atomic E-state index is -0.493. The zero-order chi connectivity index (χ0) is 13.1. The molecule has 0 spiro atoms. The van der Waals surface area contributed by atoms with Gasteiger partial charge in [0, 0.05) is 13.1 Å². The maximum atomic E-state index is 9.45. The third kappa shape index (κ3) is 3.00. The van der Waals surface area contributed by atoms with Gasteiger partial charge in [0.2, 0.25) is 0 Å². The normalized spacial score (nSPS) is 19.8. The van der Waals surface area contributed by atoms with Crippen molar-refractivity contribution in [3.8, 4) is 0 Å². The predicted octanol–water partition coefficient (Wildman–Crippen LogP) is 1.67. The summed E-state index contributed by atoms with van der Waals surface area (Å²) in [6.45, 7) is 4.06. The summed E-state index contributed by atoms with van der Waals surface area (Å²) in [7, 11) is 4.31. The molecule has 1 aliphatic heterocycles. The van der Waals surface area contributed by atoms with E-state index in [1.54, 1.807) is 6.92 Å². The average Bonchev–Trinajstić information content (AvgIpc) is 2.39. The molecule has 0 saturated carbocycles. The van der Waals surface area contributed by atoms with Crippen molar-refractivity contribution in [2.75, 3.05) is 32.1 Å². The van der Waals surface area contributed by atoms with Crippen molar-refractivity contribution in [3.05, 3.63) is 24.0 Å². The molecule has 1 aliphatic rings. The zero-order valence-corrected chi connectivity index (χ0v) is 11.5. The Balaban J connectivity index is 2.02. The molecular weight excluding hydrogens is 226 g/mol. The van der Waals surface area contributed by atoms with Gasteiger partial charge in [0.1, 0.15) is 0 Å². The molecule has 0 aromatic carbocycles. The van der Waals surface area contributed by atoms with Crippen molar-refractivity contribution in [1.82, 2.24) is 9.88 Å². The lowest BCUT2D eigenvalue weighted by Crippen LogP contribution is -2.42. The van der Waals surface area contributed by atoms with Gasteiger partial charge in [-0.15, -0.1) is 0 Å². The molecule has 1 aromatic rings. The first-order chi connectivity index (χ1) is 8.58. The molecule has 4 nitrogen and oxygen atoms in total. The summed E-state index contributed by atoms with van der Waals surface area (Å²) in [5.41, 5.74) is 1.87. The van der Waals surface area contributed by atoms with E-state index in [1.165, 1.54) is 12.8 Å². The number of nitrogens with zero attached hydrogens (tertiary/aromatic N) is 3. The fourth-order valence-corrected chi connectivity index (χ4v) is 2.45. The third-order valence-corrected chi connectivity index (χ3v) is 3.84. The van der Waals surface area contributed by atoms with Crippen LogP contribution in [-0.2, 0) is 0 Å². The van der Waals surface area contributed by atoms with Crippen LogP contribution in [-0.4, -0.2) is 48.2 Å². The van der Waals surface area contributed by atoms with E-state index in [4.69, 9.17) is 0 Å². The van der Waals surface area contributed by atoms with Crippen LogP contribution in [0.15, 0.2) is 18.3 Å². The maximum absolute atomic E-state index is 9.45. The van der Waals surface area contributed by atoms with E-state index in [9.17, 15) is 5.11 Å². The molecule has 1 atom stereocenters. The second-order valence-corrected chi connectivity index (χ2v) is 5.26. The van der Waals surface area contributed by atoms with E-state index >= 15 is 0 Å². The number of likely N-dealkylation sites (tertiary alicyclic amines) is 1. The summed E-state index contributed by atoms with van der Waals surface area (Å²) < 4.78 is 0. The first-order valence-corrected chi connectivity index (χ1v) is 6.63. The molecule has 18 heavy (non-hydrogen) atoms. The van der Waals surface area contributed by atoms with Crippen LogP contribution in [0.1, 0.15) is 31.6 Å². The molecule has 1 aromatic heterocycles. The number of aromatic nitrogens is 1. The van der Waals surface area contributed by atoms with Crippen molar-refractivity contribution < 1.29 is 5.11 Å². The zero-order valence-electron chi connectivity index (χ0n) is 11.5. The van der Waals surface area contributed by atoms with Crippen LogP contribution in [0.3, 0.4) is 0 Å². The van der Waals surface area contributed by atoms with E-state index in [-0.39, 0.29) is 0 Å². The molecule has 100 valence electrons. The van der Waals surface area contributed by atoms with Crippen LogP contribution in [0.25, 0.3) is 0 Å². The minimum absolute atomic E-state index is 0.493. The van der Waals surface area contributed by atoms with Crippen LogP contribution < -0.4 is 4.90 Å². The van der Waals surface area contributed by atoms with Crippen molar-refractivity contribution in [2.24, 2.45) is 0 Å². The van der Waals surface area contributed by atoms with Gasteiger partial charge in [0.05, 0.1) is 23.7 Å². The molecule has 0 unspecified atom stereocenters. The summed E-state index contributed by atoms with van der Waals surface area (Å²) in [6.07, 6.45) is 3.77. The molecule has 0 bridgehead atoms. The van der Waals surface area contributed by atoms with Crippen molar-refractivity contribution >= 4 is 5.69 Å². The molecule has 1 fully saturated rings. The number of aliphatic hydroxyl groups is 1. The summed E-state index contributed by atoms with van der Waals surface area (Å²) >= 11 is 0. The average molecular weight is 249 g/mol. The summed E-state index contributed by atoms with van der Waals surface area (Å²) in [5, 5.41) is 9.45. The molecule has 4 heteroatoms. The highest BCUT2D eigenvalue weighted by molar-refractivity contribution is 5.45. The van der Waals surface area contributed by atoms with Gasteiger partial charge in [-0.2, -0.15) is 0 Å². The molecule has 2 heterocycles. The second-order valence-electron chi connectivity index (χ2n) is 5.26. The summed E-state index contributed by atoms with van der Waals surface area (Å²) in [5.74, 6) is 0. The second kappa shape index (κ2) is 5.67. The van der Waals surface area contributed by atoms with Gasteiger partial charge in [-0.3, -0.25) is 4.98 Å². The molecular formula is C14H23N3O. The Morgan fingerprint density at radius 3 is 2.56 bits per heavy atom. The topological polar surface area (TPSA) is 39.6 Å². The highest BCUT2D eigenvalue weighted by atomic mass is 16.3. The monoisotopic (exact) mass is 249 g/mol. The Bertz CT molecular complexity index is 369. The Hall–Kier alpha value is -1.13. The third-order valence-electron chi connectivity index (χ3n) is 3.84. The first kappa shape index (κ1) is 13.3. The first-order valence-electron chi connectivity index (χ1n) is 6.63. The minimum Gasteiger partial charge on any atom is -0.387 e. The molecule has 0 aliphatic carbocycles. The van der Waals surface area contributed by atoms with Gasteiger partial charge in [-0.25, -0.2) is 0 Å². The Morgan fingerprint density at radius 1 is 1.39 bits per heavy atom. The summed E-state index contributed by atoms with van der Waals surface area (Å²) in [6, 6.07) is 4.55. The number of hydrogen-bond donors (Lipinski definition) is 1. The van der Waals surface area contributed by atoms with Gasteiger partial charge < -0.3 is 14.9 Å². The lowest BCUT2D eigenvalue weighted by molar-refractivity contribution is 0.194. The van der Waals surface area contributed by atoms with Crippen LogP contribution >= 0.6 is 0 Å². The van der Waals surface area contributed by atoms with E-state index in [2.05, 4.69) is 28.9 Å². The molecule has 0 amide bonds. The fraction of sp³-hybridized carbons (Fsp3) is 0.643. The van der Waals surface area contributed by atoms with Gasteiger partial charge in [-0.05, 0) is 52.0 Å². The number of pyridine rings is 1. The van der Waals surface area contributed by atoms with E-state index in [0.29, 0.717) is 6.04 Å². The van der Waals surface area contributed by atoms with E-state index in [1.807, 2.05) is 18.3 Å². The van der Waals surface area contributed by atoms with E-state index in [0.717, 1.165) is 24.5 Å². The van der Waals surface area contributed by atoms with Crippen LogP contribution in [0.5, 0.6) is 0 Å². The molecule has 1 saturated heterocycles. The fourth-order valence-electron chi connectivity index (χ4n) is 2.45. The lowest BCUT2D eigenvalue weighted by atomic mass is 10.0. The number of piperidine rings is 1. The molecule has 0 radical (unpaired) electrons. The number of rotatable bonds is 3. The molecule has 1 N–H and O–H groups in total. The molecule has 2 rings (SSSR count). The van der Waals surface area contributed by atoms with Crippen molar-refractivity contribution in [2.45, 2.75) is 31.9 Å².